The first-order valence-corrected chi connectivity index (χ1v) is 20.9. The molecule has 1 spiro atoms. The number of amides is 2. The fourth-order valence-electron chi connectivity index (χ4n) is 8.54. The highest BCUT2D eigenvalue weighted by Gasteiger charge is 2.45. The van der Waals surface area contributed by atoms with Crippen LogP contribution in [0.5, 0.6) is 11.6 Å². The van der Waals surface area contributed by atoms with Gasteiger partial charge in [0.2, 0.25) is 5.88 Å². The van der Waals surface area contributed by atoms with Crippen molar-refractivity contribution in [3.63, 3.8) is 0 Å². The molecule has 7 atom stereocenters. The van der Waals surface area contributed by atoms with Crippen LogP contribution in [0.15, 0.2) is 64.1 Å². The Morgan fingerprint density at radius 3 is 2.73 bits per heavy atom. The number of halogens is 1. The number of hydrogen-bond donors (Lipinski definition) is 0. The zero-order valence-electron chi connectivity index (χ0n) is 31.9. The van der Waals surface area contributed by atoms with E-state index in [2.05, 4.69) is 31.5 Å². The van der Waals surface area contributed by atoms with E-state index in [4.69, 9.17) is 25.8 Å². The van der Waals surface area contributed by atoms with E-state index >= 15 is 0 Å². The second-order valence-corrected chi connectivity index (χ2v) is 18.3. The summed E-state index contributed by atoms with van der Waals surface area (Å²) in [5, 5.41) is 4.12. The largest absolute Gasteiger partial charge is 0.490 e. The van der Waals surface area contributed by atoms with Crippen molar-refractivity contribution in [1.82, 2.24) is 9.78 Å². The normalized spacial score (nSPS) is 29.9. The number of esters is 1. The maximum Gasteiger partial charge on any atom is 0.303 e. The second-order valence-electron chi connectivity index (χ2n) is 15.5. The third-order valence-corrected chi connectivity index (χ3v) is 14.5. The first kappa shape index (κ1) is 38.8. The zero-order valence-corrected chi connectivity index (χ0v) is 33.5. The molecule has 4 aliphatic rings. The number of carbonyl (C=O) groups is 3. The molecule has 0 radical (unpaired) electrons. The van der Waals surface area contributed by atoms with Gasteiger partial charge in [0.05, 0.1) is 29.1 Å². The number of carbonyl (C=O) groups excluding carboxylic acids is 3. The van der Waals surface area contributed by atoms with Gasteiger partial charge in [0.1, 0.15) is 23.0 Å². The highest BCUT2D eigenvalue weighted by atomic mass is 35.5. The number of methoxy groups -OCH3 is 1. The highest BCUT2D eigenvalue weighted by molar-refractivity contribution is 8.07. The molecule has 14 heteroatoms. The standard InChI is InChI=1S/C41H48ClN5O7S/c1-25-8-6-10-36(54-27(3)48)32-14-11-30(32)20-47-22-41(17-7-9-28-18-31(42)13-15-34(28)41)23-53-37-16-12-29(19-35(37)47)38(49)45-55(51,26(25)2)24-43-39(50)33-21-46(4)44-40(33)52-5/h6,10,12-13,15-16,18-19,21,24-26,30,32,36H,7-9,11,14,17,20,22-23H2,1-5H3/b10-6+,43-24-/t25-,26+,30-,32+,36-,41-,55?/m0/s1. The van der Waals surface area contributed by atoms with Gasteiger partial charge < -0.3 is 19.1 Å². The van der Waals surface area contributed by atoms with Crippen LogP contribution in [0.3, 0.4) is 0 Å². The summed E-state index contributed by atoms with van der Waals surface area (Å²) in [5.74, 6) is -0.996. The van der Waals surface area contributed by atoms with E-state index < -0.39 is 32.9 Å². The van der Waals surface area contributed by atoms with E-state index in [0.29, 0.717) is 36.9 Å². The molecule has 2 aliphatic carbocycles. The topological polar surface area (TPSA) is 142 Å². The van der Waals surface area contributed by atoms with Gasteiger partial charge in [0.25, 0.3) is 11.8 Å². The first-order chi connectivity index (χ1) is 26.3. The summed E-state index contributed by atoms with van der Waals surface area (Å²) >= 11 is 6.46. The van der Waals surface area contributed by atoms with Crippen molar-refractivity contribution in [2.45, 2.75) is 76.1 Å². The van der Waals surface area contributed by atoms with Crippen LogP contribution in [0.25, 0.3) is 0 Å². The number of fused-ring (bicyclic) bond motifs is 4. The molecule has 12 nitrogen and oxygen atoms in total. The Morgan fingerprint density at radius 2 is 1.98 bits per heavy atom. The summed E-state index contributed by atoms with van der Waals surface area (Å²) in [5.41, 5.74) is 4.21. The predicted octanol–water partition coefficient (Wildman–Crippen LogP) is 6.97. The Bertz CT molecular complexity index is 2190. The fourth-order valence-corrected chi connectivity index (χ4v) is 10.5. The number of anilines is 1. The average molecular weight is 790 g/mol. The number of aryl methyl sites for hydroxylation is 2. The highest BCUT2D eigenvalue weighted by Crippen LogP contribution is 2.47. The lowest BCUT2D eigenvalue weighted by Gasteiger charge is -2.46. The van der Waals surface area contributed by atoms with Crippen molar-refractivity contribution in [3.8, 4) is 11.6 Å². The van der Waals surface area contributed by atoms with E-state index in [0.717, 1.165) is 43.3 Å². The molecule has 55 heavy (non-hydrogen) atoms. The van der Waals surface area contributed by atoms with Gasteiger partial charge in [-0.05, 0) is 105 Å². The number of rotatable bonds is 4. The number of hydrogen-bond acceptors (Lipinski definition) is 9. The summed E-state index contributed by atoms with van der Waals surface area (Å²) in [7, 11) is -0.545. The zero-order chi connectivity index (χ0) is 39.1. The van der Waals surface area contributed by atoms with Gasteiger partial charge in [-0.2, -0.15) is 4.36 Å². The Labute approximate surface area is 327 Å². The van der Waals surface area contributed by atoms with E-state index in [-0.39, 0.29) is 46.1 Å². The predicted molar refractivity (Wildman–Crippen MR) is 212 cm³/mol. The van der Waals surface area contributed by atoms with Gasteiger partial charge in [-0.1, -0.05) is 30.7 Å². The molecule has 0 saturated heterocycles. The molecule has 0 N–H and O–H groups in total. The number of aromatic nitrogens is 2. The maximum atomic E-state index is 14.9. The van der Waals surface area contributed by atoms with Gasteiger partial charge in [0.15, 0.2) is 0 Å². The Hall–Kier alpha value is -4.49. The third kappa shape index (κ3) is 7.82. The number of ether oxygens (including phenoxy) is 3. The monoisotopic (exact) mass is 789 g/mol. The van der Waals surface area contributed by atoms with Crippen molar-refractivity contribution in [1.29, 1.82) is 0 Å². The third-order valence-electron chi connectivity index (χ3n) is 11.9. The summed E-state index contributed by atoms with van der Waals surface area (Å²) in [6.07, 6.45) is 10.1. The van der Waals surface area contributed by atoms with Gasteiger partial charge in [-0.15, -0.1) is 5.10 Å². The van der Waals surface area contributed by atoms with E-state index in [1.54, 1.807) is 32.2 Å². The van der Waals surface area contributed by atoms with Crippen LogP contribution in [0.4, 0.5) is 5.69 Å². The summed E-state index contributed by atoms with van der Waals surface area (Å²) in [4.78, 5) is 46.2. The van der Waals surface area contributed by atoms with E-state index in [1.807, 2.05) is 25.1 Å². The molecule has 2 bridgehead atoms. The minimum absolute atomic E-state index is 0.0761. The van der Waals surface area contributed by atoms with Crippen LogP contribution in [0, 0.1) is 17.8 Å². The SMILES string of the molecule is COc1nn(C)cc1C(=O)/N=C\S1(=O)=NC(=O)c2ccc3c(c2)N(C[C@@H]2CC[C@H]2[C@@H](OC(C)=O)/C=C/C[C@H](C)[C@H]1C)C[C@@]1(CCCc2cc(Cl)ccc21)CO3. The van der Waals surface area contributed by atoms with Gasteiger partial charge in [-0.25, -0.2) is 9.20 Å². The number of benzene rings is 2. The van der Waals surface area contributed by atoms with Crippen LogP contribution >= 0.6 is 11.6 Å². The summed E-state index contributed by atoms with van der Waals surface area (Å²) in [6.45, 7) is 6.83. The van der Waals surface area contributed by atoms with Crippen molar-refractivity contribution < 1.29 is 32.8 Å². The quantitative estimate of drug-likeness (QED) is 0.119. The van der Waals surface area contributed by atoms with E-state index in [1.165, 1.54) is 36.0 Å². The number of allylic oxidation sites excluding steroid dienone is 1. The van der Waals surface area contributed by atoms with Crippen molar-refractivity contribution in [3.05, 3.63) is 82.0 Å². The molecule has 7 rings (SSSR count). The minimum atomic E-state index is -3.58. The lowest BCUT2D eigenvalue weighted by molar-refractivity contribution is -0.149. The molecule has 1 unspecified atom stereocenters. The summed E-state index contributed by atoms with van der Waals surface area (Å²) < 4.78 is 38.5. The molecule has 1 fully saturated rings. The second kappa shape index (κ2) is 15.6. The Morgan fingerprint density at radius 1 is 1.16 bits per heavy atom. The minimum Gasteiger partial charge on any atom is -0.490 e. The molecule has 2 amide bonds. The van der Waals surface area contributed by atoms with Gasteiger partial charge in [0, 0.05) is 60.4 Å². The van der Waals surface area contributed by atoms with Crippen LogP contribution in [0.1, 0.15) is 84.7 Å². The Kier molecular flexibility index (Phi) is 11.0. The average Bonchev–Trinajstić information content (AvgIpc) is 3.46. The fraction of sp³-hybridized carbons (Fsp3) is 0.488. The molecule has 2 aliphatic heterocycles. The van der Waals surface area contributed by atoms with Crippen molar-refractivity contribution >= 4 is 50.3 Å². The molecule has 1 aromatic heterocycles. The van der Waals surface area contributed by atoms with Gasteiger partial charge >= 0.3 is 5.97 Å². The van der Waals surface area contributed by atoms with Gasteiger partial charge in [-0.3, -0.25) is 19.1 Å². The lowest BCUT2D eigenvalue weighted by atomic mass is 9.68. The first-order valence-electron chi connectivity index (χ1n) is 18.9. The molecular formula is C41H48ClN5O7S. The maximum absolute atomic E-state index is 14.9. The van der Waals surface area contributed by atoms with Crippen LogP contribution in [-0.2, 0) is 38.1 Å². The molecule has 2 aromatic carbocycles. The van der Waals surface area contributed by atoms with Crippen LogP contribution in [0.2, 0.25) is 5.02 Å². The Balaban J connectivity index is 1.33. The smallest absolute Gasteiger partial charge is 0.303 e. The molecule has 3 aromatic rings. The van der Waals surface area contributed by atoms with Crippen LogP contribution < -0.4 is 14.4 Å². The molecule has 292 valence electrons. The number of aliphatic imine (C=N–C) groups is 1. The summed E-state index contributed by atoms with van der Waals surface area (Å²) in [6, 6.07) is 11.4. The lowest BCUT2D eigenvalue weighted by Crippen LogP contribution is -2.49. The molecule has 3 heterocycles. The molecular weight excluding hydrogens is 742 g/mol. The van der Waals surface area contributed by atoms with Crippen molar-refractivity contribution in [2.24, 2.45) is 34.2 Å². The van der Waals surface area contributed by atoms with E-state index in [9.17, 15) is 18.6 Å². The molecule has 1 saturated carbocycles. The number of nitrogens with zero attached hydrogens (tertiary/aromatic N) is 5. The van der Waals surface area contributed by atoms with Crippen molar-refractivity contribution in [2.75, 3.05) is 31.7 Å². The van der Waals surface area contributed by atoms with Crippen LogP contribution in [-0.4, -0.2) is 75.5 Å².